The fraction of sp³-hybridized carbons (Fsp3) is 1.00. The predicted octanol–water partition coefficient (Wildman–Crippen LogP) is -0.258. The zero-order valence-electron chi connectivity index (χ0n) is 8.79. The Morgan fingerprint density at radius 3 is 1.64 bits per heavy atom. The van der Waals surface area contributed by atoms with Crippen LogP contribution in [0.15, 0.2) is 0 Å². The molecule has 0 spiro atoms. The molecule has 3 rings (SSSR count). The van der Waals surface area contributed by atoms with Gasteiger partial charge in [-0.15, -0.1) is 0 Å². The van der Waals surface area contributed by atoms with Gasteiger partial charge in [0.15, 0.2) is 0 Å². The first-order valence-corrected chi connectivity index (χ1v) is 5.47. The van der Waals surface area contributed by atoms with Crippen molar-refractivity contribution in [3.8, 4) is 0 Å². The molecule has 3 fully saturated rings. The highest BCUT2D eigenvalue weighted by molar-refractivity contribution is 4.86. The van der Waals surface area contributed by atoms with E-state index in [1.807, 2.05) is 7.05 Å². The number of nitrogens with one attached hydrogen (secondary N) is 2. The van der Waals surface area contributed by atoms with Crippen molar-refractivity contribution in [3.63, 3.8) is 0 Å². The van der Waals surface area contributed by atoms with Gasteiger partial charge in [-0.2, -0.15) is 0 Å². The lowest BCUT2D eigenvalue weighted by Crippen LogP contribution is -2.46. The van der Waals surface area contributed by atoms with Crippen molar-refractivity contribution >= 4 is 0 Å². The Kier molecular flexibility index (Phi) is 3.75. The molecule has 0 amide bonds. The van der Waals surface area contributed by atoms with Crippen LogP contribution in [0.4, 0.5) is 0 Å². The Morgan fingerprint density at radius 2 is 1.43 bits per heavy atom. The molecular weight excluding hydrogens is 180 g/mol. The molecule has 82 valence electrons. The molecule has 14 heavy (non-hydrogen) atoms. The number of rotatable bonds is 3. The number of hydrogen-bond acceptors (Lipinski definition) is 4. The molecule has 4 nitrogen and oxygen atoms in total. The van der Waals surface area contributed by atoms with Crippen molar-refractivity contribution in [2.24, 2.45) is 0 Å². The van der Waals surface area contributed by atoms with Gasteiger partial charge in [-0.1, -0.05) is 0 Å². The lowest BCUT2D eigenvalue weighted by molar-refractivity contribution is -0.00582. The molecule has 0 aromatic rings. The van der Waals surface area contributed by atoms with E-state index in [4.69, 9.17) is 9.47 Å². The average Bonchev–Trinajstić information content (AvgIpc) is 2.79. The van der Waals surface area contributed by atoms with Crippen molar-refractivity contribution in [1.82, 2.24) is 10.6 Å². The van der Waals surface area contributed by atoms with Gasteiger partial charge in [0, 0.05) is 6.04 Å². The Bertz CT molecular complexity index is 163. The SMILES string of the molecule is C1CC1NC1COC1.CNC1COC1. The summed E-state index contributed by atoms with van der Waals surface area (Å²) in [5, 5.41) is 6.54. The number of likely N-dealkylation sites (N-methyl/N-ethyl adjacent to an activating group) is 1. The third-order valence-corrected chi connectivity index (χ3v) is 2.73. The van der Waals surface area contributed by atoms with E-state index in [0.29, 0.717) is 12.1 Å². The highest BCUT2D eigenvalue weighted by Gasteiger charge is 2.27. The van der Waals surface area contributed by atoms with E-state index in [1.54, 1.807) is 0 Å². The molecule has 0 aromatic carbocycles. The molecule has 2 saturated heterocycles. The summed E-state index contributed by atoms with van der Waals surface area (Å²) in [7, 11) is 1.95. The van der Waals surface area contributed by atoms with E-state index in [9.17, 15) is 0 Å². The summed E-state index contributed by atoms with van der Waals surface area (Å²) in [5.41, 5.74) is 0. The first-order valence-electron chi connectivity index (χ1n) is 5.47. The zero-order valence-corrected chi connectivity index (χ0v) is 8.79. The first-order chi connectivity index (χ1) is 6.88. The second-order valence-corrected chi connectivity index (χ2v) is 4.20. The highest BCUT2D eigenvalue weighted by Crippen LogP contribution is 2.20. The molecule has 3 aliphatic rings. The lowest BCUT2D eigenvalue weighted by Gasteiger charge is -2.26. The van der Waals surface area contributed by atoms with Crippen LogP contribution in [-0.4, -0.2) is 51.6 Å². The Hall–Kier alpha value is -0.160. The van der Waals surface area contributed by atoms with E-state index in [1.165, 1.54) is 12.8 Å². The average molecular weight is 200 g/mol. The molecule has 2 heterocycles. The maximum atomic E-state index is 5.00. The van der Waals surface area contributed by atoms with Crippen LogP contribution in [-0.2, 0) is 9.47 Å². The maximum Gasteiger partial charge on any atom is 0.0643 e. The molecule has 0 atom stereocenters. The second kappa shape index (κ2) is 5.07. The lowest BCUT2D eigenvalue weighted by atomic mass is 10.2. The van der Waals surface area contributed by atoms with Crippen molar-refractivity contribution < 1.29 is 9.47 Å². The fourth-order valence-corrected chi connectivity index (χ4v) is 1.32. The molecule has 0 aromatic heterocycles. The van der Waals surface area contributed by atoms with Crippen LogP contribution in [0, 0.1) is 0 Å². The van der Waals surface area contributed by atoms with Gasteiger partial charge in [-0.05, 0) is 19.9 Å². The minimum absolute atomic E-state index is 0.644. The van der Waals surface area contributed by atoms with E-state index in [0.717, 1.165) is 32.5 Å². The van der Waals surface area contributed by atoms with Crippen LogP contribution in [0.3, 0.4) is 0 Å². The largest absolute Gasteiger partial charge is 0.378 e. The third kappa shape index (κ3) is 3.20. The molecule has 0 unspecified atom stereocenters. The summed E-state index contributed by atoms with van der Waals surface area (Å²) in [6, 6.07) is 2.19. The Labute approximate surface area is 85.3 Å². The van der Waals surface area contributed by atoms with Crippen LogP contribution in [0.2, 0.25) is 0 Å². The second-order valence-electron chi connectivity index (χ2n) is 4.20. The molecular formula is C10H20N2O2. The van der Waals surface area contributed by atoms with Gasteiger partial charge in [0.2, 0.25) is 0 Å². The van der Waals surface area contributed by atoms with Gasteiger partial charge < -0.3 is 20.1 Å². The van der Waals surface area contributed by atoms with Crippen LogP contribution in [0.5, 0.6) is 0 Å². The van der Waals surface area contributed by atoms with Crippen molar-refractivity contribution in [2.45, 2.75) is 31.0 Å². The predicted molar refractivity (Wildman–Crippen MR) is 54.4 cm³/mol. The zero-order chi connectivity index (χ0) is 9.80. The van der Waals surface area contributed by atoms with Crippen molar-refractivity contribution in [3.05, 3.63) is 0 Å². The van der Waals surface area contributed by atoms with Gasteiger partial charge in [0.25, 0.3) is 0 Å². The summed E-state index contributed by atoms with van der Waals surface area (Å²) in [4.78, 5) is 0. The molecule has 0 bridgehead atoms. The van der Waals surface area contributed by atoms with Gasteiger partial charge >= 0.3 is 0 Å². The van der Waals surface area contributed by atoms with E-state index in [2.05, 4.69) is 10.6 Å². The van der Waals surface area contributed by atoms with Crippen molar-refractivity contribution in [2.75, 3.05) is 33.5 Å². The molecule has 2 aliphatic heterocycles. The normalized spacial score (nSPS) is 27.2. The van der Waals surface area contributed by atoms with Gasteiger partial charge in [-0.25, -0.2) is 0 Å². The highest BCUT2D eigenvalue weighted by atomic mass is 16.5. The van der Waals surface area contributed by atoms with Crippen LogP contribution >= 0.6 is 0 Å². The van der Waals surface area contributed by atoms with Crippen LogP contribution < -0.4 is 10.6 Å². The molecule has 0 radical (unpaired) electrons. The van der Waals surface area contributed by atoms with Crippen LogP contribution in [0.25, 0.3) is 0 Å². The summed E-state index contributed by atoms with van der Waals surface area (Å²) in [6.07, 6.45) is 2.77. The van der Waals surface area contributed by atoms with Gasteiger partial charge in [0.1, 0.15) is 0 Å². The molecule has 2 N–H and O–H groups in total. The minimum atomic E-state index is 0.644. The molecule has 1 saturated carbocycles. The summed E-state index contributed by atoms with van der Waals surface area (Å²) >= 11 is 0. The smallest absolute Gasteiger partial charge is 0.0643 e. The summed E-state index contributed by atoms with van der Waals surface area (Å²) in [6.45, 7) is 3.68. The Balaban J connectivity index is 0.000000112. The monoisotopic (exact) mass is 200 g/mol. The third-order valence-electron chi connectivity index (χ3n) is 2.73. The molecule has 4 heteroatoms. The van der Waals surface area contributed by atoms with E-state index >= 15 is 0 Å². The van der Waals surface area contributed by atoms with Crippen molar-refractivity contribution in [1.29, 1.82) is 0 Å². The van der Waals surface area contributed by atoms with Crippen LogP contribution in [0.1, 0.15) is 12.8 Å². The fourth-order valence-electron chi connectivity index (χ4n) is 1.32. The Morgan fingerprint density at radius 1 is 0.857 bits per heavy atom. The number of ether oxygens (including phenoxy) is 2. The maximum absolute atomic E-state index is 5.00. The van der Waals surface area contributed by atoms with Gasteiger partial charge in [0.05, 0.1) is 38.5 Å². The molecule has 1 aliphatic carbocycles. The number of hydrogen-bond donors (Lipinski definition) is 2. The van der Waals surface area contributed by atoms with E-state index < -0.39 is 0 Å². The summed E-state index contributed by atoms with van der Waals surface area (Å²) < 4.78 is 9.86. The topological polar surface area (TPSA) is 42.5 Å². The van der Waals surface area contributed by atoms with Gasteiger partial charge in [-0.3, -0.25) is 0 Å². The quantitative estimate of drug-likeness (QED) is 0.659. The standard InChI is InChI=1S/C6H11NO.C4H9NO/c1-2-5(1)7-6-3-8-4-6;1-5-4-2-6-3-4/h5-7H,1-4H2;4-5H,2-3H2,1H3. The summed E-state index contributed by atoms with van der Waals surface area (Å²) in [5.74, 6) is 0. The van der Waals surface area contributed by atoms with E-state index in [-0.39, 0.29) is 0 Å². The first kappa shape index (κ1) is 10.4. The minimum Gasteiger partial charge on any atom is -0.378 e.